The molecule has 0 bridgehead atoms. The molecule has 16 heavy (non-hydrogen) atoms. The maximum atomic E-state index is 5.46. The van der Waals surface area contributed by atoms with Gasteiger partial charge in [0.05, 0.1) is 18.5 Å². The monoisotopic (exact) mass is 220 g/mol. The van der Waals surface area contributed by atoms with Crippen LogP contribution in [-0.4, -0.2) is 31.3 Å². The molecule has 2 rings (SSSR count). The number of ether oxygens (including phenoxy) is 1. The van der Waals surface area contributed by atoms with Crippen molar-refractivity contribution >= 4 is 5.69 Å². The van der Waals surface area contributed by atoms with Crippen LogP contribution in [-0.2, 0) is 4.74 Å². The van der Waals surface area contributed by atoms with Crippen LogP contribution in [0.1, 0.15) is 31.7 Å². The van der Waals surface area contributed by atoms with E-state index in [0.717, 1.165) is 32.7 Å². The van der Waals surface area contributed by atoms with Crippen molar-refractivity contribution in [2.45, 2.75) is 26.2 Å². The van der Waals surface area contributed by atoms with Crippen molar-refractivity contribution in [1.29, 1.82) is 0 Å². The molecule has 1 aliphatic rings. The highest BCUT2D eigenvalue weighted by Crippen LogP contribution is 2.20. The molecule has 0 spiro atoms. The van der Waals surface area contributed by atoms with E-state index in [1.165, 1.54) is 11.3 Å². The fourth-order valence-electron chi connectivity index (χ4n) is 1.94. The van der Waals surface area contributed by atoms with Gasteiger partial charge in [-0.3, -0.25) is 4.98 Å². The lowest BCUT2D eigenvalue weighted by Gasteiger charge is -2.22. The second kappa shape index (κ2) is 5.30. The van der Waals surface area contributed by atoms with Crippen molar-refractivity contribution in [3.05, 3.63) is 24.0 Å². The standard InChI is InChI=1S/C13H20N2O/c1-11(2)12-8-13(10-14-9-12)15-4-3-6-16-7-5-15/h8-11H,3-7H2,1-2H3. The van der Waals surface area contributed by atoms with E-state index in [0.29, 0.717) is 5.92 Å². The van der Waals surface area contributed by atoms with Crippen LogP contribution >= 0.6 is 0 Å². The minimum Gasteiger partial charge on any atom is -0.380 e. The van der Waals surface area contributed by atoms with Gasteiger partial charge in [0.1, 0.15) is 0 Å². The summed E-state index contributed by atoms with van der Waals surface area (Å²) < 4.78 is 5.46. The summed E-state index contributed by atoms with van der Waals surface area (Å²) in [5.74, 6) is 0.538. The summed E-state index contributed by atoms with van der Waals surface area (Å²) in [5.41, 5.74) is 2.54. The highest BCUT2D eigenvalue weighted by Gasteiger charge is 2.11. The van der Waals surface area contributed by atoms with Crippen molar-refractivity contribution in [1.82, 2.24) is 4.98 Å². The summed E-state index contributed by atoms with van der Waals surface area (Å²) in [6.45, 7) is 8.16. The number of aromatic nitrogens is 1. The average molecular weight is 220 g/mol. The summed E-state index contributed by atoms with van der Waals surface area (Å²) in [6, 6.07) is 2.25. The summed E-state index contributed by atoms with van der Waals surface area (Å²) >= 11 is 0. The Morgan fingerprint density at radius 1 is 1.25 bits per heavy atom. The van der Waals surface area contributed by atoms with Crippen LogP contribution in [0.2, 0.25) is 0 Å². The van der Waals surface area contributed by atoms with E-state index in [2.05, 4.69) is 29.8 Å². The molecule has 1 aliphatic heterocycles. The van der Waals surface area contributed by atoms with E-state index < -0.39 is 0 Å². The van der Waals surface area contributed by atoms with Crippen LogP contribution in [0.3, 0.4) is 0 Å². The Hall–Kier alpha value is -1.09. The van der Waals surface area contributed by atoms with Gasteiger partial charge in [0, 0.05) is 25.9 Å². The first-order chi connectivity index (χ1) is 7.77. The molecule has 3 nitrogen and oxygen atoms in total. The minimum atomic E-state index is 0.538. The van der Waals surface area contributed by atoms with Gasteiger partial charge in [-0.25, -0.2) is 0 Å². The topological polar surface area (TPSA) is 25.4 Å². The second-order valence-electron chi connectivity index (χ2n) is 4.58. The van der Waals surface area contributed by atoms with E-state index in [4.69, 9.17) is 4.74 Å². The highest BCUT2D eigenvalue weighted by molar-refractivity contribution is 5.46. The Balaban J connectivity index is 2.15. The van der Waals surface area contributed by atoms with Gasteiger partial charge in [-0.05, 0) is 24.0 Å². The molecular weight excluding hydrogens is 200 g/mol. The zero-order chi connectivity index (χ0) is 11.4. The van der Waals surface area contributed by atoms with Gasteiger partial charge < -0.3 is 9.64 Å². The summed E-state index contributed by atoms with van der Waals surface area (Å²) in [7, 11) is 0. The van der Waals surface area contributed by atoms with Crippen molar-refractivity contribution in [3.63, 3.8) is 0 Å². The lowest BCUT2D eigenvalue weighted by molar-refractivity contribution is 0.152. The molecule has 1 aromatic heterocycles. The lowest BCUT2D eigenvalue weighted by atomic mass is 10.1. The number of anilines is 1. The number of pyridine rings is 1. The third-order valence-corrected chi connectivity index (χ3v) is 3.00. The van der Waals surface area contributed by atoms with Gasteiger partial charge in [-0.15, -0.1) is 0 Å². The van der Waals surface area contributed by atoms with Gasteiger partial charge in [-0.1, -0.05) is 13.8 Å². The van der Waals surface area contributed by atoms with E-state index in [1.807, 2.05) is 12.4 Å². The van der Waals surface area contributed by atoms with Crippen LogP contribution in [0.5, 0.6) is 0 Å². The van der Waals surface area contributed by atoms with Crippen molar-refractivity contribution in [2.75, 3.05) is 31.2 Å². The summed E-state index contributed by atoms with van der Waals surface area (Å²) in [4.78, 5) is 6.70. The van der Waals surface area contributed by atoms with Gasteiger partial charge >= 0.3 is 0 Å². The minimum absolute atomic E-state index is 0.538. The zero-order valence-electron chi connectivity index (χ0n) is 10.1. The highest BCUT2D eigenvalue weighted by atomic mass is 16.5. The molecule has 3 heteroatoms. The number of nitrogens with zero attached hydrogens (tertiary/aromatic N) is 2. The predicted molar refractivity (Wildman–Crippen MR) is 66.0 cm³/mol. The van der Waals surface area contributed by atoms with Crippen LogP contribution in [0.25, 0.3) is 0 Å². The Morgan fingerprint density at radius 3 is 2.94 bits per heavy atom. The fraction of sp³-hybridized carbons (Fsp3) is 0.615. The Bertz CT molecular complexity index is 330. The van der Waals surface area contributed by atoms with Gasteiger partial charge in [-0.2, -0.15) is 0 Å². The Labute approximate surface area is 97.4 Å². The Kier molecular flexibility index (Phi) is 3.78. The molecular formula is C13H20N2O. The lowest BCUT2D eigenvalue weighted by Crippen LogP contribution is -2.26. The molecule has 0 amide bonds. The van der Waals surface area contributed by atoms with E-state index in [9.17, 15) is 0 Å². The van der Waals surface area contributed by atoms with Crippen molar-refractivity contribution in [3.8, 4) is 0 Å². The molecule has 0 saturated carbocycles. The molecule has 1 aromatic rings. The third-order valence-electron chi connectivity index (χ3n) is 3.00. The van der Waals surface area contributed by atoms with Crippen LogP contribution < -0.4 is 4.90 Å². The number of rotatable bonds is 2. The first kappa shape index (κ1) is 11.4. The van der Waals surface area contributed by atoms with Gasteiger partial charge in [0.15, 0.2) is 0 Å². The molecule has 0 aromatic carbocycles. The first-order valence-electron chi connectivity index (χ1n) is 6.05. The molecule has 0 atom stereocenters. The average Bonchev–Trinajstić information content (AvgIpc) is 2.57. The zero-order valence-corrected chi connectivity index (χ0v) is 10.1. The van der Waals surface area contributed by atoms with E-state index in [1.54, 1.807) is 0 Å². The van der Waals surface area contributed by atoms with Crippen molar-refractivity contribution in [2.24, 2.45) is 0 Å². The van der Waals surface area contributed by atoms with Gasteiger partial charge in [0.25, 0.3) is 0 Å². The largest absolute Gasteiger partial charge is 0.380 e. The predicted octanol–water partition coefficient (Wildman–Crippen LogP) is 2.43. The third kappa shape index (κ3) is 2.73. The van der Waals surface area contributed by atoms with Crippen LogP contribution in [0.4, 0.5) is 5.69 Å². The molecule has 1 fully saturated rings. The maximum absolute atomic E-state index is 5.46. The number of hydrogen-bond donors (Lipinski definition) is 0. The smallest absolute Gasteiger partial charge is 0.0641 e. The number of hydrogen-bond acceptors (Lipinski definition) is 3. The SMILES string of the molecule is CC(C)c1cncc(N2CCCOCC2)c1. The molecule has 88 valence electrons. The molecule has 0 N–H and O–H groups in total. The van der Waals surface area contributed by atoms with Crippen LogP contribution in [0.15, 0.2) is 18.5 Å². The van der Waals surface area contributed by atoms with Gasteiger partial charge in [0.2, 0.25) is 0 Å². The fourth-order valence-corrected chi connectivity index (χ4v) is 1.94. The molecule has 0 aliphatic carbocycles. The second-order valence-corrected chi connectivity index (χ2v) is 4.58. The quantitative estimate of drug-likeness (QED) is 0.765. The Morgan fingerprint density at radius 2 is 2.12 bits per heavy atom. The molecule has 0 radical (unpaired) electrons. The van der Waals surface area contributed by atoms with E-state index in [-0.39, 0.29) is 0 Å². The van der Waals surface area contributed by atoms with Crippen molar-refractivity contribution < 1.29 is 4.74 Å². The first-order valence-corrected chi connectivity index (χ1v) is 6.05. The molecule has 0 unspecified atom stereocenters. The summed E-state index contributed by atoms with van der Waals surface area (Å²) in [5, 5.41) is 0. The maximum Gasteiger partial charge on any atom is 0.0641 e. The normalized spacial score (nSPS) is 17.6. The molecule has 1 saturated heterocycles. The summed E-state index contributed by atoms with van der Waals surface area (Å²) in [6.07, 6.45) is 5.02. The van der Waals surface area contributed by atoms with Crippen LogP contribution in [0, 0.1) is 0 Å². The molecule has 2 heterocycles. The van der Waals surface area contributed by atoms with E-state index >= 15 is 0 Å².